The lowest BCUT2D eigenvalue weighted by atomic mass is 10.1. The molecule has 6 nitrogen and oxygen atoms in total. The molecule has 2 aromatic carbocycles. The fraction of sp³-hybridized carbons (Fsp3) is 0.417. The quantitative estimate of drug-likeness (QED) is 0.551. The topological polar surface area (TPSA) is 67.9 Å². The molecule has 0 saturated heterocycles. The minimum absolute atomic E-state index is 0.0266. The maximum atomic E-state index is 13.3. The van der Waals surface area contributed by atoms with Crippen molar-refractivity contribution in [1.82, 2.24) is 10.2 Å². The Morgan fingerprint density at radius 1 is 1.09 bits per heavy atom. The number of halogens is 2. The molecule has 0 aliphatic carbocycles. The highest BCUT2D eigenvalue weighted by atomic mass is 35.5. The van der Waals surface area contributed by atoms with E-state index >= 15 is 0 Å². The summed E-state index contributed by atoms with van der Waals surface area (Å²) in [4.78, 5) is 27.8. The van der Waals surface area contributed by atoms with Gasteiger partial charge in [0.1, 0.15) is 6.04 Å². The first kappa shape index (κ1) is 24.2. The van der Waals surface area contributed by atoms with E-state index in [2.05, 4.69) is 5.32 Å². The molecule has 0 spiro atoms. The van der Waals surface area contributed by atoms with Crippen molar-refractivity contribution in [1.29, 1.82) is 0 Å². The van der Waals surface area contributed by atoms with Gasteiger partial charge in [-0.25, -0.2) is 0 Å². The van der Waals surface area contributed by atoms with Crippen LogP contribution in [0, 0.1) is 0 Å². The molecule has 3 rings (SSSR count). The minimum atomic E-state index is -0.603. The SMILES string of the molecule is CC[C@H](C(=O)NC(C)C)N(Cc1ccc(Cl)cc1Cl)C(=O)CCc1ccc2c(c1)OCO2. The van der Waals surface area contributed by atoms with Crippen molar-refractivity contribution in [3.63, 3.8) is 0 Å². The number of benzene rings is 2. The van der Waals surface area contributed by atoms with E-state index in [0.29, 0.717) is 34.4 Å². The van der Waals surface area contributed by atoms with E-state index in [0.717, 1.165) is 11.1 Å². The highest BCUT2D eigenvalue weighted by Gasteiger charge is 2.29. The molecule has 0 aromatic heterocycles. The van der Waals surface area contributed by atoms with Gasteiger partial charge in [-0.15, -0.1) is 0 Å². The second-order valence-electron chi connectivity index (χ2n) is 8.03. The van der Waals surface area contributed by atoms with Crippen LogP contribution in [0.25, 0.3) is 0 Å². The zero-order chi connectivity index (χ0) is 23.3. The van der Waals surface area contributed by atoms with Crippen molar-refractivity contribution >= 4 is 35.0 Å². The van der Waals surface area contributed by atoms with Crippen LogP contribution in [-0.4, -0.2) is 35.6 Å². The largest absolute Gasteiger partial charge is 0.454 e. The number of carbonyl (C=O) groups is 2. The van der Waals surface area contributed by atoms with Crippen molar-refractivity contribution in [2.45, 2.75) is 58.7 Å². The molecule has 0 radical (unpaired) electrons. The molecule has 32 heavy (non-hydrogen) atoms. The van der Waals surface area contributed by atoms with Gasteiger partial charge < -0.3 is 19.7 Å². The molecule has 0 unspecified atom stereocenters. The number of amides is 2. The van der Waals surface area contributed by atoms with Gasteiger partial charge in [0.2, 0.25) is 18.6 Å². The fourth-order valence-corrected chi connectivity index (χ4v) is 4.09. The average Bonchev–Trinajstić information content (AvgIpc) is 3.20. The predicted molar refractivity (Wildman–Crippen MR) is 125 cm³/mol. The molecule has 2 aromatic rings. The minimum Gasteiger partial charge on any atom is -0.454 e. The Morgan fingerprint density at radius 2 is 1.84 bits per heavy atom. The zero-order valence-corrected chi connectivity index (χ0v) is 20.0. The van der Waals surface area contributed by atoms with Gasteiger partial charge in [0, 0.05) is 29.1 Å². The maximum Gasteiger partial charge on any atom is 0.243 e. The summed E-state index contributed by atoms with van der Waals surface area (Å²) in [5.74, 6) is 1.08. The van der Waals surface area contributed by atoms with Gasteiger partial charge in [-0.1, -0.05) is 42.3 Å². The van der Waals surface area contributed by atoms with Crippen LogP contribution < -0.4 is 14.8 Å². The summed E-state index contributed by atoms with van der Waals surface area (Å²) >= 11 is 12.4. The van der Waals surface area contributed by atoms with Crippen molar-refractivity contribution in [3.05, 3.63) is 57.6 Å². The molecule has 172 valence electrons. The molecule has 2 amide bonds. The first-order valence-electron chi connectivity index (χ1n) is 10.7. The van der Waals surface area contributed by atoms with Crippen molar-refractivity contribution < 1.29 is 19.1 Å². The summed E-state index contributed by atoms with van der Waals surface area (Å²) in [5, 5.41) is 3.90. The first-order chi connectivity index (χ1) is 15.3. The van der Waals surface area contributed by atoms with Crippen LogP contribution in [0.1, 0.15) is 44.7 Å². The summed E-state index contributed by atoms with van der Waals surface area (Å²) in [6.07, 6.45) is 1.25. The van der Waals surface area contributed by atoms with Crippen molar-refractivity contribution in [3.8, 4) is 11.5 Å². The van der Waals surface area contributed by atoms with E-state index < -0.39 is 6.04 Å². The van der Waals surface area contributed by atoms with E-state index in [1.807, 2.05) is 39.0 Å². The maximum absolute atomic E-state index is 13.3. The highest BCUT2D eigenvalue weighted by Crippen LogP contribution is 2.33. The van der Waals surface area contributed by atoms with Crippen LogP contribution in [0.2, 0.25) is 10.0 Å². The number of aryl methyl sites for hydroxylation is 1. The Hall–Kier alpha value is -2.44. The molecule has 1 atom stereocenters. The van der Waals surface area contributed by atoms with E-state index in [9.17, 15) is 9.59 Å². The third kappa shape index (κ3) is 6.08. The average molecular weight is 479 g/mol. The lowest BCUT2D eigenvalue weighted by Gasteiger charge is -2.31. The van der Waals surface area contributed by atoms with Gasteiger partial charge in [0.25, 0.3) is 0 Å². The summed E-state index contributed by atoms with van der Waals surface area (Å²) < 4.78 is 10.8. The molecule has 0 bridgehead atoms. The molecule has 0 fully saturated rings. The highest BCUT2D eigenvalue weighted by molar-refractivity contribution is 6.35. The number of nitrogens with zero attached hydrogens (tertiary/aromatic N) is 1. The second kappa shape index (κ2) is 10.9. The number of hydrogen-bond donors (Lipinski definition) is 1. The van der Waals surface area contributed by atoms with Gasteiger partial charge in [0.05, 0.1) is 0 Å². The normalized spacial score (nSPS) is 13.2. The predicted octanol–water partition coefficient (Wildman–Crippen LogP) is 4.99. The summed E-state index contributed by atoms with van der Waals surface area (Å²) in [7, 11) is 0. The lowest BCUT2D eigenvalue weighted by molar-refractivity contribution is -0.141. The Morgan fingerprint density at radius 3 is 2.53 bits per heavy atom. The molecule has 0 saturated carbocycles. The number of hydrogen-bond acceptors (Lipinski definition) is 4. The second-order valence-corrected chi connectivity index (χ2v) is 8.88. The van der Waals surface area contributed by atoms with Gasteiger partial charge in [-0.2, -0.15) is 0 Å². The Kier molecular flexibility index (Phi) is 8.26. The Bertz CT molecular complexity index is 980. The van der Waals surface area contributed by atoms with Crippen molar-refractivity contribution in [2.24, 2.45) is 0 Å². The van der Waals surface area contributed by atoms with Crippen LogP contribution in [-0.2, 0) is 22.6 Å². The molecular weight excluding hydrogens is 451 g/mol. The molecule has 1 heterocycles. The third-order valence-electron chi connectivity index (χ3n) is 5.24. The van der Waals surface area contributed by atoms with Gasteiger partial charge in [-0.05, 0) is 62.1 Å². The van der Waals surface area contributed by atoms with E-state index in [-0.39, 0.29) is 37.6 Å². The van der Waals surface area contributed by atoms with Gasteiger partial charge in [0.15, 0.2) is 11.5 Å². The first-order valence-corrected chi connectivity index (χ1v) is 11.5. The van der Waals surface area contributed by atoms with Crippen LogP contribution in [0.15, 0.2) is 36.4 Å². The van der Waals surface area contributed by atoms with Gasteiger partial charge >= 0.3 is 0 Å². The van der Waals surface area contributed by atoms with Crippen LogP contribution in [0.4, 0.5) is 0 Å². The number of ether oxygens (including phenoxy) is 2. The summed E-state index contributed by atoms with van der Waals surface area (Å²) in [6.45, 7) is 6.11. The van der Waals surface area contributed by atoms with Crippen LogP contribution in [0.5, 0.6) is 11.5 Å². The molecule has 8 heteroatoms. The number of fused-ring (bicyclic) bond motifs is 1. The van der Waals surface area contributed by atoms with Crippen LogP contribution >= 0.6 is 23.2 Å². The number of carbonyl (C=O) groups excluding carboxylic acids is 2. The van der Waals surface area contributed by atoms with E-state index in [1.165, 1.54) is 0 Å². The molecule has 1 aliphatic heterocycles. The van der Waals surface area contributed by atoms with E-state index in [4.69, 9.17) is 32.7 Å². The van der Waals surface area contributed by atoms with E-state index in [1.54, 1.807) is 23.1 Å². The standard InChI is InChI=1S/C24H28Cl2N2O4/c1-4-20(24(30)27-15(2)3)28(13-17-7-8-18(25)12-19(17)26)23(29)10-6-16-5-9-21-22(11-16)32-14-31-21/h5,7-9,11-12,15,20H,4,6,10,13-14H2,1-3H3,(H,27,30)/t20-/m1/s1. The fourth-order valence-electron chi connectivity index (χ4n) is 3.62. The molecular formula is C24H28Cl2N2O4. The lowest BCUT2D eigenvalue weighted by Crippen LogP contribution is -2.50. The smallest absolute Gasteiger partial charge is 0.243 e. The Balaban J connectivity index is 1.79. The third-order valence-corrected chi connectivity index (χ3v) is 5.82. The molecule has 1 N–H and O–H groups in total. The monoisotopic (exact) mass is 478 g/mol. The summed E-state index contributed by atoms with van der Waals surface area (Å²) in [5.41, 5.74) is 1.70. The Labute approximate surface area is 198 Å². The zero-order valence-electron chi connectivity index (χ0n) is 18.5. The van der Waals surface area contributed by atoms with Crippen molar-refractivity contribution in [2.75, 3.05) is 6.79 Å². The van der Waals surface area contributed by atoms with Crippen LogP contribution in [0.3, 0.4) is 0 Å². The number of rotatable bonds is 9. The summed E-state index contributed by atoms with van der Waals surface area (Å²) in [6, 6.07) is 10.2. The molecule has 1 aliphatic rings. The van der Waals surface area contributed by atoms with Gasteiger partial charge in [-0.3, -0.25) is 9.59 Å². The number of nitrogens with one attached hydrogen (secondary N) is 1.